The molecule has 13 rings (SSSR count). The normalized spacial score (nSPS) is 12.1. The number of fused-ring (bicyclic) bond motifs is 9. The summed E-state index contributed by atoms with van der Waals surface area (Å²) in [6.45, 7) is 0. The summed E-state index contributed by atoms with van der Waals surface area (Å²) in [7, 11) is -2.74. The van der Waals surface area contributed by atoms with Crippen LogP contribution < -0.4 is 20.7 Å². The van der Waals surface area contributed by atoms with E-state index < -0.39 is 8.07 Å². The predicted molar refractivity (Wildman–Crippen MR) is 271 cm³/mol. The maximum absolute atomic E-state index is 6.30. The van der Waals surface area contributed by atoms with Gasteiger partial charge in [-0.3, -0.25) is 0 Å². The Hall–Kier alpha value is -8.18. The largest absolute Gasteiger partial charge is 0.456 e. The van der Waals surface area contributed by atoms with E-state index in [0.717, 1.165) is 44.4 Å². The highest BCUT2D eigenvalue weighted by Gasteiger charge is 2.41. The van der Waals surface area contributed by atoms with Crippen LogP contribution in [0.5, 0.6) is 0 Å². The van der Waals surface area contributed by atoms with Crippen molar-refractivity contribution in [2.24, 2.45) is 0 Å². The van der Waals surface area contributed by atoms with Gasteiger partial charge in [0.25, 0.3) is 0 Å². The monoisotopic (exact) mass is 832 g/mol. The highest BCUT2D eigenvalue weighted by Crippen LogP contribution is 2.39. The average molecular weight is 833 g/mol. The Bertz CT molecular complexity index is 3800. The van der Waals surface area contributed by atoms with Crippen LogP contribution in [0.4, 0.5) is 0 Å². The number of benzene rings is 10. The molecule has 3 aromatic heterocycles. The van der Waals surface area contributed by atoms with Gasteiger partial charge in [0, 0.05) is 43.7 Å². The van der Waals surface area contributed by atoms with Crippen LogP contribution in [-0.2, 0) is 0 Å². The molecule has 0 amide bonds. The Morgan fingerprint density at radius 1 is 0.266 bits per heavy atom. The lowest BCUT2D eigenvalue weighted by molar-refractivity contribution is 0.669. The van der Waals surface area contributed by atoms with Crippen molar-refractivity contribution < 1.29 is 4.42 Å². The van der Waals surface area contributed by atoms with Gasteiger partial charge in [-0.15, -0.1) is 0 Å². The van der Waals surface area contributed by atoms with Crippen molar-refractivity contribution in [3.63, 3.8) is 0 Å². The molecule has 0 fully saturated rings. The summed E-state index contributed by atoms with van der Waals surface area (Å²) in [6, 6.07) is 89.3. The molecule has 300 valence electrons. The minimum absolute atomic E-state index is 0.908. The summed E-state index contributed by atoms with van der Waals surface area (Å²) in [5.74, 6) is 0. The van der Waals surface area contributed by atoms with Gasteiger partial charge in [0.1, 0.15) is 11.2 Å². The number of para-hydroxylation sites is 3. The van der Waals surface area contributed by atoms with Gasteiger partial charge in [-0.1, -0.05) is 170 Å². The molecule has 0 atom stereocenters. The van der Waals surface area contributed by atoms with Crippen LogP contribution in [-0.4, -0.2) is 17.2 Å². The van der Waals surface area contributed by atoms with E-state index in [0.29, 0.717) is 0 Å². The lowest BCUT2D eigenvalue weighted by atomic mass is 10.0. The van der Waals surface area contributed by atoms with Gasteiger partial charge in [-0.25, -0.2) is 0 Å². The van der Waals surface area contributed by atoms with Crippen molar-refractivity contribution in [1.29, 1.82) is 0 Å². The smallest absolute Gasteiger partial charge is 0.179 e. The number of hydrogen-bond acceptors (Lipinski definition) is 1. The van der Waals surface area contributed by atoms with Crippen LogP contribution in [0.3, 0.4) is 0 Å². The molecule has 0 saturated heterocycles. The predicted octanol–water partition coefficient (Wildman–Crippen LogP) is 12.8. The third-order valence-electron chi connectivity index (χ3n) is 13.5. The van der Waals surface area contributed by atoms with Crippen molar-refractivity contribution in [2.45, 2.75) is 0 Å². The molecule has 3 nitrogen and oxygen atoms in total. The van der Waals surface area contributed by atoms with Gasteiger partial charge in [-0.05, 0) is 105 Å². The lowest BCUT2D eigenvalue weighted by Crippen LogP contribution is -2.74. The van der Waals surface area contributed by atoms with Crippen LogP contribution in [0.1, 0.15) is 0 Å². The number of nitrogens with zero attached hydrogens (tertiary/aromatic N) is 2. The number of aromatic nitrogens is 2. The summed E-state index contributed by atoms with van der Waals surface area (Å²) in [5, 5.41) is 12.6. The molecule has 0 aliphatic heterocycles. The Balaban J connectivity index is 0.983. The van der Waals surface area contributed by atoms with E-state index in [1.165, 1.54) is 64.4 Å². The van der Waals surface area contributed by atoms with E-state index in [1.54, 1.807) is 0 Å². The second-order valence-corrected chi connectivity index (χ2v) is 20.7. The van der Waals surface area contributed by atoms with Crippen LogP contribution in [0, 0.1) is 0 Å². The topological polar surface area (TPSA) is 23.0 Å². The molecule has 3 heterocycles. The fraction of sp³-hybridized carbons (Fsp3) is 0. The molecule has 0 spiro atoms. The van der Waals surface area contributed by atoms with Crippen molar-refractivity contribution in [3.05, 3.63) is 243 Å². The van der Waals surface area contributed by atoms with Crippen molar-refractivity contribution in [2.75, 3.05) is 0 Å². The SMILES string of the molecule is c1ccc([Si](c2ccccc2)(c2ccccc2)c2cccc(-n3c4ccccc4c4cc(-n5c6ccccc6c6cc(-c7ccc8c(c7)oc7ccccc78)ccc65)ccc43)c2)cc1. The molecular weight excluding hydrogens is 793 g/mol. The summed E-state index contributed by atoms with van der Waals surface area (Å²) in [6.07, 6.45) is 0. The standard InChI is InChI=1S/C60H40N2OSi/c1-4-18-45(19-5-1)64(46-20-6-2-7-21-46,47-22-8-3-9-23-47)48-24-16-17-43(39-48)61-56-29-14-11-26-50(56)54-40-44(33-36-58(54)61)62-55-28-13-10-25-49(55)53-37-41(32-35-57(53)62)42-31-34-52-51-27-12-15-30-59(51)63-60(52)38-42/h1-40H. The van der Waals surface area contributed by atoms with Crippen molar-refractivity contribution >= 4 is 94.4 Å². The maximum Gasteiger partial charge on any atom is 0.179 e. The summed E-state index contributed by atoms with van der Waals surface area (Å²) in [5.41, 5.74) is 11.1. The quantitative estimate of drug-likeness (QED) is 0.116. The number of hydrogen-bond donors (Lipinski definition) is 0. The first-order valence-corrected chi connectivity index (χ1v) is 24.0. The zero-order valence-electron chi connectivity index (χ0n) is 34.9. The van der Waals surface area contributed by atoms with E-state index in [9.17, 15) is 0 Å². The molecule has 0 N–H and O–H groups in total. The lowest BCUT2D eigenvalue weighted by Gasteiger charge is -2.34. The van der Waals surface area contributed by atoms with Gasteiger partial charge in [-0.2, -0.15) is 0 Å². The summed E-state index contributed by atoms with van der Waals surface area (Å²) in [4.78, 5) is 0. The summed E-state index contributed by atoms with van der Waals surface area (Å²) < 4.78 is 11.2. The molecule has 10 aromatic carbocycles. The first kappa shape index (κ1) is 36.5. The molecule has 64 heavy (non-hydrogen) atoms. The Kier molecular flexibility index (Phi) is 8.23. The highest BCUT2D eigenvalue weighted by atomic mass is 28.3. The molecule has 0 bridgehead atoms. The fourth-order valence-corrected chi connectivity index (χ4v) is 15.4. The van der Waals surface area contributed by atoms with Gasteiger partial charge in [0.05, 0.1) is 22.1 Å². The zero-order valence-corrected chi connectivity index (χ0v) is 35.9. The molecule has 13 aromatic rings. The third-order valence-corrected chi connectivity index (χ3v) is 18.2. The number of furan rings is 1. The van der Waals surface area contributed by atoms with Crippen LogP contribution in [0.2, 0.25) is 0 Å². The minimum Gasteiger partial charge on any atom is -0.456 e. The van der Waals surface area contributed by atoms with E-state index in [4.69, 9.17) is 4.42 Å². The van der Waals surface area contributed by atoms with Crippen LogP contribution in [0.15, 0.2) is 247 Å². The van der Waals surface area contributed by atoms with Crippen molar-refractivity contribution in [1.82, 2.24) is 9.13 Å². The van der Waals surface area contributed by atoms with Gasteiger partial charge < -0.3 is 13.6 Å². The second kappa shape index (κ2) is 14.5. The Labute approximate surface area is 371 Å². The third kappa shape index (κ3) is 5.46. The van der Waals surface area contributed by atoms with Crippen molar-refractivity contribution in [3.8, 4) is 22.5 Å². The molecule has 0 aliphatic rings. The Morgan fingerprint density at radius 3 is 1.36 bits per heavy atom. The molecule has 0 radical (unpaired) electrons. The van der Waals surface area contributed by atoms with Gasteiger partial charge >= 0.3 is 0 Å². The first-order chi connectivity index (χ1) is 31.7. The molecule has 0 aliphatic carbocycles. The maximum atomic E-state index is 6.30. The molecule has 0 unspecified atom stereocenters. The Morgan fingerprint density at radius 2 is 0.719 bits per heavy atom. The van der Waals surface area contributed by atoms with Crippen LogP contribution >= 0.6 is 0 Å². The molecule has 4 heteroatoms. The molecule has 0 saturated carbocycles. The minimum atomic E-state index is -2.74. The van der Waals surface area contributed by atoms with E-state index >= 15 is 0 Å². The van der Waals surface area contributed by atoms with E-state index in [-0.39, 0.29) is 0 Å². The fourth-order valence-electron chi connectivity index (χ4n) is 10.7. The summed E-state index contributed by atoms with van der Waals surface area (Å²) >= 11 is 0. The number of rotatable bonds is 7. The van der Waals surface area contributed by atoms with E-state index in [2.05, 4.69) is 240 Å². The first-order valence-electron chi connectivity index (χ1n) is 22.0. The average Bonchev–Trinajstić information content (AvgIpc) is 4.02. The van der Waals surface area contributed by atoms with Gasteiger partial charge in [0.2, 0.25) is 0 Å². The molecular formula is C60H40N2OSi. The van der Waals surface area contributed by atoms with E-state index in [1.807, 2.05) is 12.1 Å². The highest BCUT2D eigenvalue weighted by molar-refractivity contribution is 7.19. The van der Waals surface area contributed by atoms with Gasteiger partial charge in [0.15, 0.2) is 8.07 Å². The zero-order chi connectivity index (χ0) is 42.2. The second-order valence-electron chi connectivity index (χ2n) is 16.8. The van der Waals surface area contributed by atoms with Crippen LogP contribution in [0.25, 0.3) is 88.1 Å².